The highest BCUT2D eigenvalue weighted by atomic mass is 79.9. The first kappa shape index (κ1) is 11.0. The van der Waals surface area contributed by atoms with Crippen molar-refractivity contribution in [2.45, 2.75) is 5.33 Å². The van der Waals surface area contributed by atoms with Crippen LogP contribution < -0.4 is 0 Å². The highest BCUT2D eigenvalue weighted by Crippen LogP contribution is 2.27. The van der Waals surface area contributed by atoms with Crippen molar-refractivity contribution < 1.29 is 4.92 Å². The van der Waals surface area contributed by atoms with Crippen molar-refractivity contribution in [1.82, 2.24) is 0 Å². The minimum atomic E-state index is -0.623. The molecule has 0 saturated heterocycles. The Morgan fingerprint density at radius 1 is 1.64 bits per heavy atom. The summed E-state index contributed by atoms with van der Waals surface area (Å²) in [5.41, 5.74) is 0.421. The Morgan fingerprint density at radius 2 is 2.29 bits per heavy atom. The van der Waals surface area contributed by atoms with Crippen LogP contribution in [0.25, 0.3) is 0 Å². The van der Waals surface area contributed by atoms with Gasteiger partial charge in [0.25, 0.3) is 5.69 Å². The van der Waals surface area contributed by atoms with Gasteiger partial charge in [0.05, 0.1) is 9.95 Å². The molecule has 0 N–H and O–H groups in total. The molecule has 6 heteroatoms. The van der Waals surface area contributed by atoms with Crippen LogP contribution in [0.1, 0.15) is 11.1 Å². The van der Waals surface area contributed by atoms with Crippen LogP contribution in [0.15, 0.2) is 12.1 Å². The monoisotopic (exact) mass is 274 g/mol. The summed E-state index contributed by atoms with van der Waals surface area (Å²) >= 11 is 8.93. The molecule has 0 aliphatic heterocycles. The number of halogens is 2. The van der Waals surface area contributed by atoms with Crippen molar-refractivity contribution in [3.05, 3.63) is 38.4 Å². The predicted molar refractivity (Wildman–Crippen MR) is 55.5 cm³/mol. The Hall–Kier alpha value is -1.12. The molecule has 1 aromatic rings. The van der Waals surface area contributed by atoms with E-state index in [2.05, 4.69) is 15.9 Å². The maximum atomic E-state index is 10.5. The molecular weight excluding hydrogens is 271 g/mol. The second-order valence-electron chi connectivity index (χ2n) is 2.46. The molecule has 0 amide bonds. The van der Waals surface area contributed by atoms with E-state index in [-0.39, 0.29) is 16.3 Å². The molecule has 0 atom stereocenters. The first-order chi connectivity index (χ1) is 6.60. The summed E-state index contributed by atoms with van der Waals surface area (Å²) in [7, 11) is 0. The predicted octanol–water partition coefficient (Wildman–Crippen LogP) is 3.01. The molecular formula is C8H4BrClN2O2. The maximum absolute atomic E-state index is 10.5. The maximum Gasteiger partial charge on any atom is 0.288 e. The number of nitrogens with zero attached hydrogens (tertiary/aromatic N) is 2. The number of alkyl halides is 1. The lowest BCUT2D eigenvalue weighted by Crippen LogP contribution is -1.94. The smallest absolute Gasteiger partial charge is 0.258 e. The quantitative estimate of drug-likeness (QED) is 0.473. The van der Waals surface area contributed by atoms with Gasteiger partial charge in [-0.1, -0.05) is 27.5 Å². The summed E-state index contributed by atoms with van der Waals surface area (Å²) < 4.78 is 0. The molecule has 0 saturated carbocycles. The van der Waals surface area contributed by atoms with Crippen LogP contribution in [0.5, 0.6) is 0 Å². The highest BCUT2D eigenvalue weighted by Gasteiger charge is 2.16. The molecule has 0 aliphatic carbocycles. The third-order valence-electron chi connectivity index (χ3n) is 1.63. The van der Waals surface area contributed by atoms with Crippen molar-refractivity contribution in [2.75, 3.05) is 0 Å². The van der Waals surface area contributed by atoms with Gasteiger partial charge in [-0.25, -0.2) is 0 Å². The van der Waals surface area contributed by atoms with Gasteiger partial charge in [-0.15, -0.1) is 0 Å². The van der Waals surface area contributed by atoms with Gasteiger partial charge in [0.15, 0.2) is 0 Å². The average Bonchev–Trinajstić information content (AvgIpc) is 2.17. The largest absolute Gasteiger partial charge is 0.288 e. The second kappa shape index (κ2) is 4.40. The molecule has 1 aromatic carbocycles. The van der Waals surface area contributed by atoms with E-state index in [1.807, 2.05) is 0 Å². The minimum Gasteiger partial charge on any atom is -0.258 e. The van der Waals surface area contributed by atoms with Gasteiger partial charge in [0, 0.05) is 11.4 Å². The first-order valence-electron chi connectivity index (χ1n) is 3.53. The molecule has 1 rings (SSSR count). The lowest BCUT2D eigenvalue weighted by atomic mass is 10.1. The average molecular weight is 275 g/mol. The SMILES string of the molecule is N#Cc1cc(CBr)c(Cl)cc1[N+](=O)[O-]. The molecule has 0 spiro atoms. The normalized spacial score (nSPS) is 9.50. The molecule has 0 aliphatic rings. The Labute approximate surface area is 93.4 Å². The van der Waals surface area contributed by atoms with Crippen LogP contribution in [0.4, 0.5) is 5.69 Å². The molecule has 0 bridgehead atoms. The first-order valence-corrected chi connectivity index (χ1v) is 5.03. The zero-order valence-corrected chi connectivity index (χ0v) is 9.17. The van der Waals surface area contributed by atoms with Crippen LogP contribution in [0.3, 0.4) is 0 Å². The summed E-state index contributed by atoms with van der Waals surface area (Å²) in [6.45, 7) is 0. The minimum absolute atomic E-state index is 0.0221. The van der Waals surface area contributed by atoms with Crippen molar-refractivity contribution >= 4 is 33.2 Å². The van der Waals surface area contributed by atoms with E-state index in [0.29, 0.717) is 10.9 Å². The standard InChI is InChI=1S/C8H4BrClN2O2/c9-3-5-1-6(4-11)8(12(13)14)2-7(5)10/h1-2H,3H2. The number of benzene rings is 1. The van der Waals surface area contributed by atoms with E-state index in [1.165, 1.54) is 12.1 Å². The van der Waals surface area contributed by atoms with Crippen molar-refractivity contribution in [3.8, 4) is 6.07 Å². The summed E-state index contributed by atoms with van der Waals surface area (Å²) in [5, 5.41) is 19.9. The molecule has 0 fully saturated rings. The van der Waals surface area contributed by atoms with Gasteiger partial charge in [-0.05, 0) is 11.6 Å². The number of nitro groups is 1. The molecule has 0 aromatic heterocycles. The van der Waals surface area contributed by atoms with Crippen LogP contribution in [-0.4, -0.2) is 4.92 Å². The lowest BCUT2D eigenvalue weighted by molar-refractivity contribution is -0.385. The van der Waals surface area contributed by atoms with Gasteiger partial charge in [0.2, 0.25) is 0 Å². The molecule has 0 unspecified atom stereocenters. The van der Waals surface area contributed by atoms with E-state index in [1.54, 1.807) is 6.07 Å². The van der Waals surface area contributed by atoms with E-state index in [0.717, 1.165) is 0 Å². The molecule has 4 nitrogen and oxygen atoms in total. The third-order valence-corrected chi connectivity index (χ3v) is 2.58. The van der Waals surface area contributed by atoms with E-state index >= 15 is 0 Å². The van der Waals surface area contributed by atoms with E-state index in [4.69, 9.17) is 16.9 Å². The van der Waals surface area contributed by atoms with Crippen molar-refractivity contribution in [1.29, 1.82) is 5.26 Å². The number of hydrogen-bond acceptors (Lipinski definition) is 3. The molecule has 14 heavy (non-hydrogen) atoms. The van der Waals surface area contributed by atoms with Crippen LogP contribution in [0, 0.1) is 21.4 Å². The van der Waals surface area contributed by atoms with Gasteiger partial charge in [-0.2, -0.15) is 5.26 Å². The molecule has 72 valence electrons. The molecule has 0 radical (unpaired) electrons. The van der Waals surface area contributed by atoms with E-state index < -0.39 is 4.92 Å². The zero-order chi connectivity index (χ0) is 10.7. The molecule has 0 heterocycles. The second-order valence-corrected chi connectivity index (χ2v) is 3.43. The van der Waals surface area contributed by atoms with Gasteiger partial charge in [-0.3, -0.25) is 10.1 Å². The lowest BCUT2D eigenvalue weighted by Gasteiger charge is -2.01. The van der Waals surface area contributed by atoms with Crippen molar-refractivity contribution in [3.63, 3.8) is 0 Å². The van der Waals surface area contributed by atoms with Gasteiger partial charge in [0.1, 0.15) is 11.6 Å². The summed E-state index contributed by atoms with van der Waals surface area (Å²) in [6, 6.07) is 4.36. The number of hydrogen-bond donors (Lipinski definition) is 0. The fraction of sp³-hybridized carbons (Fsp3) is 0.125. The van der Waals surface area contributed by atoms with Crippen LogP contribution in [-0.2, 0) is 5.33 Å². The zero-order valence-electron chi connectivity index (χ0n) is 6.83. The van der Waals surface area contributed by atoms with Crippen molar-refractivity contribution in [2.24, 2.45) is 0 Å². The summed E-state index contributed by atoms with van der Waals surface area (Å²) in [4.78, 5) is 9.89. The number of nitriles is 1. The van der Waals surface area contributed by atoms with Crippen LogP contribution >= 0.6 is 27.5 Å². The van der Waals surface area contributed by atoms with Crippen LogP contribution in [0.2, 0.25) is 5.02 Å². The summed E-state index contributed by atoms with van der Waals surface area (Å²) in [5.74, 6) is 0. The number of nitro benzene ring substituents is 1. The fourth-order valence-corrected chi connectivity index (χ4v) is 1.80. The fourth-order valence-electron chi connectivity index (χ4n) is 0.951. The Morgan fingerprint density at radius 3 is 2.71 bits per heavy atom. The Balaban J connectivity index is 3.41. The van der Waals surface area contributed by atoms with Gasteiger partial charge < -0.3 is 0 Å². The van der Waals surface area contributed by atoms with E-state index in [9.17, 15) is 10.1 Å². The summed E-state index contributed by atoms with van der Waals surface area (Å²) in [6.07, 6.45) is 0. The highest BCUT2D eigenvalue weighted by molar-refractivity contribution is 9.08. The van der Waals surface area contributed by atoms with Gasteiger partial charge >= 0.3 is 0 Å². The third kappa shape index (κ3) is 2.03. The number of rotatable bonds is 2. The Kier molecular flexibility index (Phi) is 3.44. The topological polar surface area (TPSA) is 66.9 Å². The Bertz CT molecular complexity index is 428.